The minimum Gasteiger partial charge on any atom is -0.454 e. The molecule has 3 rings (SSSR count). The Hall–Kier alpha value is -1.53. The van der Waals surface area contributed by atoms with Gasteiger partial charge in [0.25, 0.3) is 0 Å². The lowest BCUT2D eigenvalue weighted by molar-refractivity contribution is 0.174. The van der Waals surface area contributed by atoms with Crippen LogP contribution in [0.1, 0.15) is 5.82 Å². The number of hydrogen-bond donors (Lipinski definition) is 1. The molecule has 0 saturated heterocycles. The third-order valence-electron chi connectivity index (χ3n) is 2.97. The van der Waals surface area contributed by atoms with Crippen LogP contribution in [-0.4, -0.2) is 16.3 Å². The van der Waals surface area contributed by atoms with E-state index in [9.17, 15) is 0 Å². The van der Waals surface area contributed by atoms with E-state index < -0.39 is 0 Å². The van der Waals surface area contributed by atoms with Gasteiger partial charge < -0.3 is 19.8 Å². The van der Waals surface area contributed by atoms with Crippen molar-refractivity contribution in [2.45, 2.75) is 6.54 Å². The zero-order valence-corrected chi connectivity index (χ0v) is 11.4. The number of fused-ring (bicyclic) bond motifs is 1. The van der Waals surface area contributed by atoms with Crippen molar-refractivity contribution in [3.8, 4) is 22.8 Å². The lowest BCUT2D eigenvalue weighted by Gasteiger charge is -2.06. The van der Waals surface area contributed by atoms with E-state index in [-0.39, 0.29) is 6.79 Å². The van der Waals surface area contributed by atoms with Gasteiger partial charge in [-0.1, -0.05) is 0 Å². The Bertz CT molecular complexity index is 610. The van der Waals surface area contributed by atoms with Gasteiger partial charge in [-0.2, -0.15) is 0 Å². The molecule has 0 amide bonds. The third kappa shape index (κ3) is 1.69. The average molecular weight is 310 g/mol. The number of aromatic nitrogens is 2. The van der Waals surface area contributed by atoms with Crippen molar-refractivity contribution in [1.82, 2.24) is 9.55 Å². The fraction of sp³-hybridized carbons (Fsp3) is 0.250. The lowest BCUT2D eigenvalue weighted by Crippen LogP contribution is -2.05. The van der Waals surface area contributed by atoms with Crippen molar-refractivity contribution < 1.29 is 9.47 Å². The summed E-state index contributed by atoms with van der Waals surface area (Å²) in [6.07, 6.45) is 0. The molecule has 0 spiro atoms. The standard InChI is InChI=1S/C12H12BrN3O2/c1-16-10(5-14)15-12(13)11(16)7-2-3-8-9(4-7)18-6-17-8/h2-4H,5-6,14H2,1H3. The lowest BCUT2D eigenvalue weighted by atomic mass is 10.1. The summed E-state index contributed by atoms with van der Waals surface area (Å²) in [6, 6.07) is 5.83. The number of imidazole rings is 1. The molecule has 1 aliphatic rings. The monoisotopic (exact) mass is 309 g/mol. The number of hydrogen-bond acceptors (Lipinski definition) is 4. The van der Waals surface area contributed by atoms with Crippen LogP contribution in [0.25, 0.3) is 11.3 Å². The first-order valence-electron chi connectivity index (χ1n) is 5.52. The summed E-state index contributed by atoms with van der Waals surface area (Å²) in [5.74, 6) is 2.36. The quantitative estimate of drug-likeness (QED) is 0.922. The SMILES string of the molecule is Cn1c(CN)nc(Br)c1-c1ccc2c(c1)OCO2. The van der Waals surface area contributed by atoms with Gasteiger partial charge in [-0.15, -0.1) is 0 Å². The molecule has 5 nitrogen and oxygen atoms in total. The predicted octanol–water partition coefficient (Wildman–Crippen LogP) is 2.04. The summed E-state index contributed by atoms with van der Waals surface area (Å²) in [6.45, 7) is 0.680. The molecule has 6 heteroatoms. The van der Waals surface area contributed by atoms with Crippen LogP contribution in [0, 0.1) is 0 Å². The number of nitrogens with two attached hydrogens (primary N) is 1. The van der Waals surface area contributed by atoms with Gasteiger partial charge in [0, 0.05) is 12.6 Å². The molecule has 94 valence electrons. The zero-order chi connectivity index (χ0) is 12.7. The molecule has 0 radical (unpaired) electrons. The highest BCUT2D eigenvalue weighted by atomic mass is 79.9. The summed E-state index contributed by atoms with van der Waals surface area (Å²) in [4.78, 5) is 4.38. The van der Waals surface area contributed by atoms with Crippen LogP contribution in [0.3, 0.4) is 0 Å². The van der Waals surface area contributed by atoms with E-state index in [4.69, 9.17) is 15.2 Å². The molecule has 1 aromatic carbocycles. The molecule has 18 heavy (non-hydrogen) atoms. The van der Waals surface area contributed by atoms with Gasteiger partial charge in [-0.05, 0) is 34.1 Å². The Kier molecular flexibility index (Phi) is 2.76. The van der Waals surface area contributed by atoms with E-state index in [2.05, 4.69) is 20.9 Å². The second kappa shape index (κ2) is 4.29. The van der Waals surface area contributed by atoms with E-state index in [1.54, 1.807) is 0 Å². The van der Waals surface area contributed by atoms with Crippen molar-refractivity contribution in [2.24, 2.45) is 12.8 Å². The molecule has 0 atom stereocenters. The Morgan fingerprint density at radius 3 is 2.89 bits per heavy atom. The van der Waals surface area contributed by atoms with E-state index in [1.165, 1.54) is 0 Å². The molecule has 2 N–H and O–H groups in total. The van der Waals surface area contributed by atoms with E-state index in [0.717, 1.165) is 33.2 Å². The van der Waals surface area contributed by atoms with Crippen molar-refractivity contribution in [3.05, 3.63) is 28.6 Å². The smallest absolute Gasteiger partial charge is 0.231 e. The molecular weight excluding hydrogens is 298 g/mol. The normalized spacial score (nSPS) is 13.1. The van der Waals surface area contributed by atoms with Gasteiger partial charge in [0.1, 0.15) is 10.4 Å². The maximum Gasteiger partial charge on any atom is 0.231 e. The highest BCUT2D eigenvalue weighted by Crippen LogP contribution is 2.37. The van der Waals surface area contributed by atoms with E-state index >= 15 is 0 Å². The molecular formula is C12H12BrN3O2. The fourth-order valence-electron chi connectivity index (χ4n) is 2.05. The second-order valence-corrected chi connectivity index (χ2v) is 4.75. The third-order valence-corrected chi connectivity index (χ3v) is 3.53. The number of ether oxygens (including phenoxy) is 2. The summed E-state index contributed by atoms with van der Waals surface area (Å²) < 4.78 is 13.4. The van der Waals surface area contributed by atoms with Crippen LogP contribution < -0.4 is 15.2 Å². The number of rotatable bonds is 2. The average Bonchev–Trinajstić information content (AvgIpc) is 2.93. The molecule has 1 aliphatic heterocycles. The van der Waals surface area contributed by atoms with Crippen LogP contribution in [0.2, 0.25) is 0 Å². The molecule has 2 heterocycles. The summed E-state index contributed by atoms with van der Waals surface area (Å²) in [7, 11) is 1.94. The largest absolute Gasteiger partial charge is 0.454 e. The molecule has 0 saturated carbocycles. The minimum absolute atomic E-state index is 0.277. The van der Waals surface area contributed by atoms with Crippen LogP contribution in [-0.2, 0) is 13.6 Å². The molecule has 0 aliphatic carbocycles. The Morgan fingerprint density at radius 1 is 1.39 bits per heavy atom. The van der Waals surface area contributed by atoms with Crippen molar-refractivity contribution in [1.29, 1.82) is 0 Å². The topological polar surface area (TPSA) is 62.3 Å². The highest BCUT2D eigenvalue weighted by molar-refractivity contribution is 9.10. The van der Waals surface area contributed by atoms with Crippen molar-refractivity contribution >= 4 is 15.9 Å². The minimum atomic E-state index is 0.277. The van der Waals surface area contributed by atoms with Crippen LogP contribution in [0.4, 0.5) is 0 Å². The van der Waals surface area contributed by atoms with Gasteiger partial charge in [0.2, 0.25) is 6.79 Å². The maximum atomic E-state index is 5.65. The maximum absolute atomic E-state index is 5.65. The van der Waals surface area contributed by atoms with Crippen LogP contribution >= 0.6 is 15.9 Å². The predicted molar refractivity (Wildman–Crippen MR) is 70.4 cm³/mol. The van der Waals surface area contributed by atoms with Crippen LogP contribution in [0.5, 0.6) is 11.5 Å². The first kappa shape index (κ1) is 11.6. The molecule has 2 aromatic rings. The van der Waals surface area contributed by atoms with Gasteiger partial charge in [0.05, 0.1) is 12.2 Å². The number of nitrogens with zero attached hydrogens (tertiary/aromatic N) is 2. The Labute approximate surface area is 113 Å². The molecule has 0 fully saturated rings. The Balaban J connectivity index is 2.12. The molecule has 0 bridgehead atoms. The summed E-state index contributed by atoms with van der Waals surface area (Å²) in [5.41, 5.74) is 7.65. The Morgan fingerprint density at radius 2 is 2.17 bits per heavy atom. The van der Waals surface area contributed by atoms with Gasteiger partial charge >= 0.3 is 0 Å². The summed E-state index contributed by atoms with van der Waals surface area (Å²) in [5, 5.41) is 0. The molecule has 0 unspecified atom stereocenters. The van der Waals surface area contributed by atoms with Crippen LogP contribution in [0.15, 0.2) is 22.8 Å². The summed E-state index contributed by atoms with van der Waals surface area (Å²) >= 11 is 3.47. The van der Waals surface area contributed by atoms with Gasteiger partial charge in [-0.3, -0.25) is 0 Å². The molecule has 1 aromatic heterocycles. The number of halogens is 1. The first-order chi connectivity index (χ1) is 8.70. The van der Waals surface area contributed by atoms with Crippen molar-refractivity contribution in [2.75, 3.05) is 6.79 Å². The van der Waals surface area contributed by atoms with Gasteiger partial charge in [-0.25, -0.2) is 4.98 Å². The second-order valence-electron chi connectivity index (χ2n) is 4.00. The first-order valence-corrected chi connectivity index (χ1v) is 6.31. The van der Waals surface area contributed by atoms with E-state index in [0.29, 0.717) is 6.54 Å². The van der Waals surface area contributed by atoms with E-state index in [1.807, 2.05) is 29.8 Å². The zero-order valence-electron chi connectivity index (χ0n) is 9.81. The fourth-order valence-corrected chi connectivity index (χ4v) is 2.75. The van der Waals surface area contributed by atoms with Crippen molar-refractivity contribution in [3.63, 3.8) is 0 Å². The number of benzene rings is 1. The highest BCUT2D eigenvalue weighted by Gasteiger charge is 2.18. The van der Waals surface area contributed by atoms with Gasteiger partial charge in [0.15, 0.2) is 11.5 Å².